The van der Waals surface area contributed by atoms with Crippen molar-refractivity contribution in [2.45, 2.75) is 4.90 Å². The molecular weight excluding hydrogens is 310 g/mol. The van der Waals surface area contributed by atoms with Gasteiger partial charge in [-0.15, -0.1) is 0 Å². The van der Waals surface area contributed by atoms with Crippen LogP contribution in [0.2, 0.25) is 5.02 Å². The molecule has 0 aliphatic carbocycles. The van der Waals surface area contributed by atoms with Crippen LogP contribution in [0.15, 0.2) is 53.4 Å². The molecule has 0 saturated carbocycles. The van der Waals surface area contributed by atoms with Crippen molar-refractivity contribution >= 4 is 27.3 Å². The van der Waals surface area contributed by atoms with E-state index >= 15 is 0 Å². The largest absolute Gasteiger partial charge is 0.384 e. The topological polar surface area (TPSA) is 66.4 Å². The first-order valence-corrected chi connectivity index (χ1v) is 7.86. The molecule has 0 aliphatic heterocycles. The second-order valence-corrected chi connectivity index (χ2v) is 6.16. The standard InChI is InChI=1S/C15H12ClNO3S/c16-13-7-3-8-14(11-13)17-21(19,20)15-9-2-1-5-12(15)6-4-10-18/h1-3,5,7-9,11,17-18H,10H2. The summed E-state index contributed by atoms with van der Waals surface area (Å²) in [6.45, 7) is -0.337. The summed E-state index contributed by atoms with van der Waals surface area (Å²) in [6.07, 6.45) is 0. The third-order valence-electron chi connectivity index (χ3n) is 2.56. The van der Waals surface area contributed by atoms with Crippen LogP contribution in [-0.4, -0.2) is 20.1 Å². The first-order valence-electron chi connectivity index (χ1n) is 6.00. The molecule has 0 atom stereocenters. The molecule has 2 aromatic carbocycles. The number of aliphatic hydroxyl groups excluding tert-OH is 1. The van der Waals surface area contributed by atoms with Crippen LogP contribution in [-0.2, 0) is 10.0 Å². The van der Waals surface area contributed by atoms with Crippen molar-refractivity contribution in [2.24, 2.45) is 0 Å². The number of benzene rings is 2. The fourth-order valence-electron chi connectivity index (χ4n) is 1.70. The predicted octanol–water partition coefficient (Wildman–Crippen LogP) is 2.48. The van der Waals surface area contributed by atoms with Crippen LogP contribution in [0.4, 0.5) is 5.69 Å². The van der Waals surface area contributed by atoms with Gasteiger partial charge in [-0.2, -0.15) is 0 Å². The molecule has 0 bridgehead atoms. The molecule has 0 radical (unpaired) electrons. The summed E-state index contributed by atoms with van der Waals surface area (Å²) >= 11 is 5.83. The third-order valence-corrected chi connectivity index (χ3v) is 4.23. The van der Waals surface area contributed by atoms with Crippen molar-refractivity contribution in [3.63, 3.8) is 0 Å². The smallest absolute Gasteiger partial charge is 0.263 e. The van der Waals surface area contributed by atoms with Crippen molar-refractivity contribution < 1.29 is 13.5 Å². The molecule has 0 amide bonds. The lowest BCUT2D eigenvalue weighted by Crippen LogP contribution is -2.14. The normalized spacial score (nSPS) is 10.6. The van der Waals surface area contributed by atoms with Gasteiger partial charge in [0.05, 0.1) is 5.69 Å². The van der Waals surface area contributed by atoms with E-state index in [2.05, 4.69) is 16.6 Å². The summed E-state index contributed by atoms with van der Waals surface area (Å²) in [5, 5.41) is 9.17. The Hall–Kier alpha value is -2.00. The quantitative estimate of drug-likeness (QED) is 0.854. The van der Waals surface area contributed by atoms with Crippen molar-refractivity contribution in [3.05, 3.63) is 59.1 Å². The Bertz CT molecular complexity index is 807. The summed E-state index contributed by atoms with van der Waals surface area (Å²) in [7, 11) is -3.78. The number of sulfonamides is 1. The molecule has 2 N–H and O–H groups in total. The van der Waals surface area contributed by atoms with Crippen LogP contribution in [0.1, 0.15) is 5.56 Å². The summed E-state index contributed by atoms with van der Waals surface area (Å²) in [6, 6.07) is 12.7. The van der Waals surface area contributed by atoms with E-state index in [1.165, 1.54) is 12.1 Å². The summed E-state index contributed by atoms with van der Waals surface area (Å²) in [4.78, 5) is 0.0472. The molecule has 0 heterocycles. The maximum atomic E-state index is 12.4. The van der Waals surface area contributed by atoms with Gasteiger partial charge in [-0.3, -0.25) is 4.72 Å². The average molecular weight is 322 g/mol. The second-order valence-electron chi connectivity index (χ2n) is 4.07. The van der Waals surface area contributed by atoms with Crippen LogP contribution in [0.3, 0.4) is 0 Å². The van der Waals surface area contributed by atoms with E-state index in [1.54, 1.807) is 36.4 Å². The van der Waals surface area contributed by atoms with Gasteiger partial charge in [0.1, 0.15) is 11.5 Å². The number of hydrogen-bond acceptors (Lipinski definition) is 3. The summed E-state index contributed by atoms with van der Waals surface area (Å²) in [5.74, 6) is 5.06. The Kier molecular flexibility index (Phi) is 4.86. The fourth-order valence-corrected chi connectivity index (χ4v) is 3.10. The zero-order valence-electron chi connectivity index (χ0n) is 10.9. The molecule has 0 aliphatic rings. The van der Waals surface area contributed by atoms with Gasteiger partial charge < -0.3 is 5.11 Å². The monoisotopic (exact) mass is 321 g/mol. The number of anilines is 1. The van der Waals surface area contributed by atoms with Gasteiger partial charge in [-0.1, -0.05) is 41.6 Å². The van der Waals surface area contributed by atoms with Gasteiger partial charge in [0, 0.05) is 10.6 Å². The van der Waals surface area contributed by atoms with Crippen molar-refractivity contribution in [2.75, 3.05) is 11.3 Å². The Morgan fingerprint density at radius 3 is 2.62 bits per heavy atom. The van der Waals surface area contributed by atoms with Gasteiger partial charge in [-0.25, -0.2) is 8.42 Å². The lowest BCUT2D eigenvalue weighted by molar-refractivity contribution is 0.350. The molecule has 0 aromatic heterocycles. The Balaban J connectivity index is 2.40. The van der Waals surface area contributed by atoms with Crippen LogP contribution < -0.4 is 4.72 Å². The highest BCUT2D eigenvalue weighted by atomic mass is 35.5. The highest BCUT2D eigenvalue weighted by Gasteiger charge is 2.17. The molecule has 4 nitrogen and oxygen atoms in total. The fraction of sp³-hybridized carbons (Fsp3) is 0.0667. The molecule has 0 fully saturated rings. The molecule has 0 saturated heterocycles. The van der Waals surface area contributed by atoms with Crippen molar-refractivity contribution in [1.82, 2.24) is 0 Å². The molecule has 108 valence electrons. The van der Waals surface area contributed by atoms with E-state index in [-0.39, 0.29) is 11.5 Å². The first kappa shape index (κ1) is 15.4. The van der Waals surface area contributed by atoms with Crippen LogP contribution in [0.25, 0.3) is 0 Å². The Morgan fingerprint density at radius 1 is 1.14 bits per heavy atom. The van der Waals surface area contributed by atoms with E-state index in [0.29, 0.717) is 16.3 Å². The highest BCUT2D eigenvalue weighted by molar-refractivity contribution is 7.92. The first-order chi connectivity index (χ1) is 10.0. The van der Waals surface area contributed by atoms with E-state index in [0.717, 1.165) is 0 Å². The predicted molar refractivity (Wildman–Crippen MR) is 82.7 cm³/mol. The van der Waals surface area contributed by atoms with Gasteiger partial charge >= 0.3 is 0 Å². The van der Waals surface area contributed by atoms with Crippen LogP contribution >= 0.6 is 11.6 Å². The van der Waals surface area contributed by atoms with Gasteiger partial charge in [0.25, 0.3) is 10.0 Å². The number of rotatable bonds is 3. The van der Waals surface area contributed by atoms with Crippen molar-refractivity contribution in [1.29, 1.82) is 0 Å². The minimum atomic E-state index is -3.78. The SMILES string of the molecule is O=S(=O)(Nc1cccc(Cl)c1)c1ccccc1C#CCO. The maximum Gasteiger partial charge on any atom is 0.263 e. The van der Waals surface area contributed by atoms with E-state index < -0.39 is 10.0 Å². The molecule has 0 unspecified atom stereocenters. The molecule has 2 aromatic rings. The van der Waals surface area contributed by atoms with Gasteiger partial charge in [0.15, 0.2) is 0 Å². The number of nitrogens with one attached hydrogen (secondary N) is 1. The number of halogens is 1. The molecular formula is C15H12ClNO3S. The summed E-state index contributed by atoms with van der Waals surface area (Å²) < 4.78 is 27.3. The number of hydrogen-bond donors (Lipinski definition) is 2. The summed E-state index contributed by atoms with van der Waals surface area (Å²) in [5.41, 5.74) is 0.688. The lowest BCUT2D eigenvalue weighted by Gasteiger charge is -2.09. The van der Waals surface area contributed by atoms with Gasteiger partial charge in [-0.05, 0) is 30.3 Å². The molecule has 21 heavy (non-hydrogen) atoms. The van der Waals surface area contributed by atoms with E-state index in [9.17, 15) is 8.42 Å². The highest BCUT2D eigenvalue weighted by Crippen LogP contribution is 2.21. The third kappa shape index (κ3) is 3.99. The average Bonchev–Trinajstić information content (AvgIpc) is 2.45. The maximum absolute atomic E-state index is 12.4. The number of aliphatic hydroxyl groups is 1. The van der Waals surface area contributed by atoms with Crippen LogP contribution in [0, 0.1) is 11.8 Å². The Labute approximate surface area is 128 Å². The zero-order chi connectivity index (χ0) is 15.3. The molecule has 2 rings (SSSR count). The lowest BCUT2D eigenvalue weighted by atomic mass is 10.2. The van der Waals surface area contributed by atoms with Crippen LogP contribution in [0.5, 0.6) is 0 Å². The van der Waals surface area contributed by atoms with E-state index in [1.807, 2.05) is 0 Å². The van der Waals surface area contributed by atoms with E-state index in [4.69, 9.17) is 16.7 Å². The minimum absolute atomic E-state index is 0.0472. The second kappa shape index (κ2) is 6.64. The van der Waals surface area contributed by atoms with Crippen molar-refractivity contribution in [3.8, 4) is 11.8 Å². The Morgan fingerprint density at radius 2 is 1.90 bits per heavy atom. The van der Waals surface area contributed by atoms with Gasteiger partial charge in [0.2, 0.25) is 0 Å². The minimum Gasteiger partial charge on any atom is -0.384 e. The molecule has 0 spiro atoms. The zero-order valence-corrected chi connectivity index (χ0v) is 12.4. The molecule has 6 heteroatoms.